The first-order valence-electron chi connectivity index (χ1n) is 4.71. The van der Waals surface area contributed by atoms with Crippen LogP contribution in [0.4, 0.5) is 18.9 Å². The van der Waals surface area contributed by atoms with E-state index in [1.165, 1.54) is 0 Å². The first-order chi connectivity index (χ1) is 8.30. The molecule has 98 valence electrons. The third-order valence-electron chi connectivity index (χ3n) is 2.41. The van der Waals surface area contributed by atoms with Gasteiger partial charge in [0.15, 0.2) is 11.5 Å². The van der Waals surface area contributed by atoms with Crippen molar-refractivity contribution in [3.63, 3.8) is 0 Å². The van der Waals surface area contributed by atoms with Gasteiger partial charge in [-0.3, -0.25) is 10.1 Å². The third-order valence-corrected chi connectivity index (χ3v) is 2.41. The molecule has 1 aliphatic heterocycles. The van der Waals surface area contributed by atoms with Gasteiger partial charge >= 0.3 is 6.18 Å². The van der Waals surface area contributed by atoms with Crippen molar-refractivity contribution < 1.29 is 27.6 Å². The molecular formula is C9H7F3N2O4. The molecule has 2 N–H and O–H groups in total. The van der Waals surface area contributed by atoms with Crippen LogP contribution in [0.1, 0.15) is 11.6 Å². The summed E-state index contributed by atoms with van der Waals surface area (Å²) in [5.41, 5.74) is 3.58. The number of halogens is 3. The fraction of sp³-hybridized carbons (Fsp3) is 0.333. The third kappa shape index (κ3) is 2.04. The fourth-order valence-corrected chi connectivity index (χ4v) is 1.53. The molecule has 0 radical (unpaired) electrons. The van der Waals surface area contributed by atoms with Crippen molar-refractivity contribution in [3.05, 3.63) is 27.8 Å². The molecule has 1 heterocycles. The number of fused-ring (bicyclic) bond motifs is 1. The Morgan fingerprint density at radius 3 is 2.39 bits per heavy atom. The number of benzene rings is 1. The van der Waals surface area contributed by atoms with E-state index < -0.39 is 28.4 Å². The van der Waals surface area contributed by atoms with E-state index in [0.29, 0.717) is 0 Å². The van der Waals surface area contributed by atoms with Gasteiger partial charge in [-0.1, -0.05) is 0 Å². The van der Waals surface area contributed by atoms with Gasteiger partial charge in [0.2, 0.25) is 6.79 Å². The Bertz CT molecular complexity index is 503. The SMILES string of the molecule is N[C@@H](c1cc2c(cc1[N+](=O)[O-])OCO2)C(F)(F)F. The van der Waals surface area contributed by atoms with E-state index in [1.807, 2.05) is 0 Å². The number of rotatable bonds is 2. The van der Waals surface area contributed by atoms with Crippen LogP contribution < -0.4 is 15.2 Å². The molecule has 0 aliphatic carbocycles. The zero-order valence-corrected chi connectivity index (χ0v) is 8.73. The summed E-state index contributed by atoms with van der Waals surface area (Å²) in [7, 11) is 0. The van der Waals surface area contributed by atoms with E-state index in [9.17, 15) is 23.3 Å². The van der Waals surface area contributed by atoms with Gasteiger partial charge in [-0.05, 0) is 6.07 Å². The quantitative estimate of drug-likeness (QED) is 0.650. The number of nitrogens with zero attached hydrogens (tertiary/aromatic N) is 1. The van der Waals surface area contributed by atoms with Crippen molar-refractivity contribution in [1.29, 1.82) is 0 Å². The van der Waals surface area contributed by atoms with Crippen molar-refractivity contribution in [3.8, 4) is 11.5 Å². The molecule has 0 saturated heterocycles. The average molecular weight is 264 g/mol. The Morgan fingerprint density at radius 2 is 1.89 bits per heavy atom. The van der Waals surface area contributed by atoms with Crippen molar-refractivity contribution >= 4 is 5.69 Å². The maximum atomic E-state index is 12.5. The number of nitro groups is 1. The Hall–Kier alpha value is -2.03. The number of hydrogen-bond acceptors (Lipinski definition) is 5. The van der Waals surface area contributed by atoms with Crippen LogP contribution in [-0.4, -0.2) is 17.9 Å². The van der Waals surface area contributed by atoms with Crippen LogP contribution >= 0.6 is 0 Å². The summed E-state index contributed by atoms with van der Waals surface area (Å²) < 4.78 is 47.3. The maximum absolute atomic E-state index is 12.5. The molecule has 1 aromatic rings. The summed E-state index contributed by atoms with van der Waals surface area (Å²) in [5.74, 6) is 0.0372. The van der Waals surface area contributed by atoms with E-state index in [-0.39, 0.29) is 18.3 Å². The summed E-state index contributed by atoms with van der Waals surface area (Å²) in [6, 6.07) is -0.686. The Kier molecular flexibility index (Phi) is 2.77. The number of ether oxygens (including phenoxy) is 2. The number of hydrogen-bond donors (Lipinski definition) is 1. The lowest BCUT2D eigenvalue weighted by Crippen LogP contribution is -2.29. The second kappa shape index (κ2) is 4.02. The molecule has 0 unspecified atom stereocenters. The molecule has 0 saturated carbocycles. The van der Waals surface area contributed by atoms with Gasteiger partial charge in [0, 0.05) is 0 Å². The molecule has 0 aromatic heterocycles. The number of nitrogens with two attached hydrogens (primary N) is 1. The topological polar surface area (TPSA) is 87.6 Å². The van der Waals surface area contributed by atoms with Crippen LogP contribution in [0, 0.1) is 10.1 Å². The normalized spacial score (nSPS) is 15.6. The van der Waals surface area contributed by atoms with Crippen LogP contribution in [0.3, 0.4) is 0 Å². The predicted molar refractivity (Wildman–Crippen MR) is 52.2 cm³/mol. The molecule has 0 amide bonds. The summed E-state index contributed by atoms with van der Waals surface area (Å²) in [6.45, 7) is -0.197. The highest BCUT2D eigenvalue weighted by Crippen LogP contribution is 2.43. The van der Waals surface area contributed by atoms with Crippen LogP contribution in [0.15, 0.2) is 12.1 Å². The largest absolute Gasteiger partial charge is 0.454 e. The average Bonchev–Trinajstić information content (AvgIpc) is 2.71. The first kappa shape index (κ1) is 12.4. The van der Waals surface area contributed by atoms with Crippen molar-refractivity contribution in [2.75, 3.05) is 6.79 Å². The van der Waals surface area contributed by atoms with Crippen LogP contribution in [0.25, 0.3) is 0 Å². The molecule has 6 nitrogen and oxygen atoms in total. The van der Waals surface area contributed by atoms with Crippen molar-refractivity contribution in [2.45, 2.75) is 12.2 Å². The van der Waals surface area contributed by atoms with Gasteiger partial charge in [-0.2, -0.15) is 13.2 Å². The highest BCUT2D eigenvalue weighted by Gasteiger charge is 2.42. The summed E-state index contributed by atoms with van der Waals surface area (Å²) in [6.07, 6.45) is -4.78. The zero-order valence-electron chi connectivity index (χ0n) is 8.73. The molecular weight excluding hydrogens is 257 g/mol. The second-order valence-corrected chi connectivity index (χ2v) is 3.54. The monoisotopic (exact) mass is 264 g/mol. The van der Waals surface area contributed by atoms with Gasteiger partial charge in [-0.25, -0.2) is 0 Å². The van der Waals surface area contributed by atoms with Crippen molar-refractivity contribution in [2.24, 2.45) is 5.73 Å². The van der Waals surface area contributed by atoms with E-state index >= 15 is 0 Å². The minimum absolute atomic E-state index is 0.00954. The fourth-order valence-electron chi connectivity index (χ4n) is 1.53. The molecule has 0 bridgehead atoms. The zero-order chi connectivity index (χ0) is 13.5. The molecule has 2 rings (SSSR count). The molecule has 0 spiro atoms. The van der Waals surface area contributed by atoms with Gasteiger partial charge < -0.3 is 15.2 Å². The van der Waals surface area contributed by atoms with E-state index in [1.54, 1.807) is 0 Å². The highest BCUT2D eigenvalue weighted by atomic mass is 19.4. The minimum atomic E-state index is -4.78. The van der Waals surface area contributed by atoms with Crippen LogP contribution in [0.5, 0.6) is 11.5 Å². The highest BCUT2D eigenvalue weighted by molar-refractivity contribution is 5.56. The summed E-state index contributed by atoms with van der Waals surface area (Å²) in [5, 5.41) is 10.7. The van der Waals surface area contributed by atoms with E-state index in [2.05, 4.69) is 0 Å². The molecule has 18 heavy (non-hydrogen) atoms. The Balaban J connectivity index is 2.55. The van der Waals surface area contributed by atoms with Crippen molar-refractivity contribution in [1.82, 2.24) is 0 Å². The van der Waals surface area contributed by atoms with Gasteiger partial charge in [0.25, 0.3) is 5.69 Å². The lowest BCUT2D eigenvalue weighted by atomic mass is 10.0. The predicted octanol–water partition coefficient (Wildman–Crippen LogP) is 1.89. The van der Waals surface area contributed by atoms with E-state index in [4.69, 9.17) is 15.2 Å². The first-order valence-corrected chi connectivity index (χ1v) is 4.71. The molecule has 1 aromatic carbocycles. The molecule has 9 heteroatoms. The summed E-state index contributed by atoms with van der Waals surface area (Å²) in [4.78, 5) is 9.80. The van der Waals surface area contributed by atoms with Crippen LogP contribution in [0.2, 0.25) is 0 Å². The smallest absolute Gasteiger partial charge is 0.407 e. The molecule has 1 aliphatic rings. The molecule has 0 fully saturated rings. The van der Waals surface area contributed by atoms with Crippen LogP contribution in [-0.2, 0) is 0 Å². The van der Waals surface area contributed by atoms with E-state index in [0.717, 1.165) is 12.1 Å². The maximum Gasteiger partial charge on any atom is 0.407 e. The van der Waals surface area contributed by atoms with Gasteiger partial charge in [0.05, 0.1) is 16.6 Å². The second-order valence-electron chi connectivity index (χ2n) is 3.54. The lowest BCUT2D eigenvalue weighted by Gasteiger charge is -2.16. The van der Waals surface area contributed by atoms with Gasteiger partial charge in [-0.15, -0.1) is 0 Å². The number of alkyl halides is 3. The van der Waals surface area contributed by atoms with Gasteiger partial charge in [0.1, 0.15) is 6.04 Å². The molecule has 1 atom stereocenters. The Labute approximate surface area is 98.2 Å². The summed E-state index contributed by atoms with van der Waals surface area (Å²) >= 11 is 0. The minimum Gasteiger partial charge on any atom is -0.454 e. The standard InChI is InChI=1S/C9H7F3N2O4/c10-9(11,12)8(13)4-1-6-7(18-3-17-6)2-5(4)14(15)16/h1-2,8H,3,13H2/t8-/m0/s1. The Morgan fingerprint density at radius 1 is 1.33 bits per heavy atom. The number of nitro benzene ring substituents is 1. The lowest BCUT2D eigenvalue weighted by molar-refractivity contribution is -0.386.